The fourth-order valence-corrected chi connectivity index (χ4v) is 2.85. The summed E-state index contributed by atoms with van der Waals surface area (Å²) in [4.78, 5) is 6.60. The van der Waals surface area contributed by atoms with Gasteiger partial charge in [0.25, 0.3) is 0 Å². The monoisotopic (exact) mass is 266 g/mol. The SMILES string of the molecule is CC(C)Cn1ncnc1CN(C)CC1CCCC1O. The van der Waals surface area contributed by atoms with E-state index in [2.05, 4.69) is 35.9 Å². The molecule has 5 heteroatoms. The molecule has 1 saturated carbocycles. The topological polar surface area (TPSA) is 54.2 Å². The van der Waals surface area contributed by atoms with Gasteiger partial charge in [-0.1, -0.05) is 20.3 Å². The minimum atomic E-state index is -0.115. The zero-order chi connectivity index (χ0) is 13.8. The Bertz CT molecular complexity index is 391. The molecule has 0 aromatic carbocycles. The van der Waals surface area contributed by atoms with Crippen LogP contribution in [0.25, 0.3) is 0 Å². The highest BCUT2D eigenvalue weighted by atomic mass is 16.3. The van der Waals surface area contributed by atoms with Crippen molar-refractivity contribution in [2.45, 2.75) is 52.3 Å². The van der Waals surface area contributed by atoms with Gasteiger partial charge >= 0.3 is 0 Å². The maximum Gasteiger partial charge on any atom is 0.141 e. The van der Waals surface area contributed by atoms with Crippen LogP contribution in [0.4, 0.5) is 0 Å². The van der Waals surface area contributed by atoms with Crippen molar-refractivity contribution in [3.63, 3.8) is 0 Å². The third kappa shape index (κ3) is 4.01. The van der Waals surface area contributed by atoms with Crippen LogP contribution in [0.2, 0.25) is 0 Å². The Balaban J connectivity index is 1.88. The van der Waals surface area contributed by atoms with E-state index in [4.69, 9.17) is 0 Å². The summed E-state index contributed by atoms with van der Waals surface area (Å²) in [6.45, 7) is 7.02. The highest BCUT2D eigenvalue weighted by Gasteiger charge is 2.26. The molecule has 0 aliphatic heterocycles. The summed E-state index contributed by atoms with van der Waals surface area (Å²) >= 11 is 0. The average molecular weight is 266 g/mol. The Morgan fingerprint density at radius 1 is 1.47 bits per heavy atom. The fraction of sp³-hybridized carbons (Fsp3) is 0.857. The van der Waals surface area contributed by atoms with Crippen LogP contribution in [-0.4, -0.2) is 44.5 Å². The Kier molecular flexibility index (Phi) is 4.93. The molecule has 2 unspecified atom stereocenters. The number of rotatable bonds is 6. The Morgan fingerprint density at radius 3 is 2.89 bits per heavy atom. The van der Waals surface area contributed by atoms with Crippen molar-refractivity contribution in [3.8, 4) is 0 Å². The minimum absolute atomic E-state index is 0.115. The summed E-state index contributed by atoms with van der Waals surface area (Å²) < 4.78 is 1.99. The number of hydrogen-bond acceptors (Lipinski definition) is 4. The van der Waals surface area contributed by atoms with Crippen molar-refractivity contribution in [1.82, 2.24) is 19.7 Å². The number of hydrogen-bond donors (Lipinski definition) is 1. The molecule has 2 atom stereocenters. The van der Waals surface area contributed by atoms with Gasteiger partial charge in [-0.2, -0.15) is 5.10 Å². The molecule has 5 nitrogen and oxygen atoms in total. The second-order valence-corrected chi connectivity index (χ2v) is 6.21. The van der Waals surface area contributed by atoms with Crippen LogP contribution in [0.15, 0.2) is 6.33 Å². The van der Waals surface area contributed by atoms with Crippen molar-refractivity contribution in [2.24, 2.45) is 11.8 Å². The van der Waals surface area contributed by atoms with Gasteiger partial charge in [0.1, 0.15) is 12.2 Å². The first-order valence-electron chi connectivity index (χ1n) is 7.29. The van der Waals surface area contributed by atoms with Gasteiger partial charge in [-0.05, 0) is 31.7 Å². The van der Waals surface area contributed by atoms with Gasteiger partial charge in [0.2, 0.25) is 0 Å². The van der Waals surface area contributed by atoms with Crippen molar-refractivity contribution < 1.29 is 5.11 Å². The fourth-order valence-electron chi connectivity index (χ4n) is 2.85. The van der Waals surface area contributed by atoms with Crippen LogP contribution < -0.4 is 0 Å². The smallest absolute Gasteiger partial charge is 0.141 e. The summed E-state index contributed by atoms with van der Waals surface area (Å²) in [6.07, 6.45) is 4.78. The summed E-state index contributed by atoms with van der Waals surface area (Å²) in [5.41, 5.74) is 0. The molecule has 0 radical (unpaired) electrons. The largest absolute Gasteiger partial charge is 0.393 e. The zero-order valence-electron chi connectivity index (χ0n) is 12.3. The zero-order valence-corrected chi connectivity index (χ0v) is 12.3. The average Bonchev–Trinajstić information content (AvgIpc) is 2.90. The maximum atomic E-state index is 9.88. The summed E-state index contributed by atoms with van der Waals surface area (Å²) in [5, 5.41) is 14.2. The molecule has 1 aromatic rings. The third-order valence-electron chi connectivity index (χ3n) is 3.81. The van der Waals surface area contributed by atoms with Crippen molar-refractivity contribution in [3.05, 3.63) is 12.2 Å². The van der Waals surface area contributed by atoms with Crippen molar-refractivity contribution >= 4 is 0 Å². The quantitative estimate of drug-likeness (QED) is 0.848. The van der Waals surface area contributed by atoms with E-state index in [-0.39, 0.29) is 6.10 Å². The van der Waals surface area contributed by atoms with Crippen LogP contribution >= 0.6 is 0 Å². The van der Waals surface area contributed by atoms with E-state index in [0.717, 1.165) is 44.7 Å². The summed E-state index contributed by atoms with van der Waals surface area (Å²) in [5.74, 6) is 2.01. The molecule has 2 rings (SSSR count). The molecule has 1 fully saturated rings. The number of nitrogens with zero attached hydrogens (tertiary/aromatic N) is 4. The summed E-state index contributed by atoms with van der Waals surface area (Å²) in [7, 11) is 2.10. The van der Waals surface area contributed by atoms with Gasteiger partial charge < -0.3 is 5.11 Å². The second-order valence-electron chi connectivity index (χ2n) is 6.21. The van der Waals surface area contributed by atoms with E-state index in [9.17, 15) is 5.11 Å². The van der Waals surface area contributed by atoms with E-state index in [0.29, 0.717) is 11.8 Å². The Hall–Kier alpha value is -0.940. The normalized spacial score (nSPS) is 23.7. The lowest BCUT2D eigenvalue weighted by molar-refractivity contribution is 0.106. The van der Waals surface area contributed by atoms with Gasteiger partial charge in [-0.3, -0.25) is 4.90 Å². The number of aliphatic hydroxyl groups is 1. The van der Waals surface area contributed by atoms with E-state index in [1.807, 2.05) is 4.68 Å². The molecule has 1 heterocycles. The van der Waals surface area contributed by atoms with Gasteiger partial charge in [0, 0.05) is 13.1 Å². The van der Waals surface area contributed by atoms with Crippen LogP contribution in [0.3, 0.4) is 0 Å². The molecular weight excluding hydrogens is 240 g/mol. The first-order chi connectivity index (χ1) is 9.06. The molecule has 0 bridgehead atoms. The van der Waals surface area contributed by atoms with Crippen LogP contribution in [0, 0.1) is 11.8 Å². The molecule has 0 amide bonds. The highest BCUT2D eigenvalue weighted by Crippen LogP contribution is 2.26. The first kappa shape index (κ1) is 14.5. The predicted octanol–water partition coefficient (Wildman–Crippen LogP) is 1.53. The van der Waals surface area contributed by atoms with Crippen molar-refractivity contribution in [2.75, 3.05) is 13.6 Å². The van der Waals surface area contributed by atoms with Gasteiger partial charge in [-0.15, -0.1) is 0 Å². The highest BCUT2D eigenvalue weighted by molar-refractivity contribution is 4.86. The molecular formula is C14H26N4O. The van der Waals surface area contributed by atoms with E-state index < -0.39 is 0 Å². The van der Waals surface area contributed by atoms with Gasteiger partial charge in [0.15, 0.2) is 0 Å². The lowest BCUT2D eigenvalue weighted by Crippen LogP contribution is -2.30. The maximum absolute atomic E-state index is 9.88. The molecule has 0 saturated heterocycles. The molecule has 1 aliphatic carbocycles. The molecule has 19 heavy (non-hydrogen) atoms. The number of aliphatic hydroxyl groups excluding tert-OH is 1. The first-order valence-corrected chi connectivity index (χ1v) is 7.29. The molecule has 1 aliphatic rings. The lowest BCUT2D eigenvalue weighted by Gasteiger charge is -2.23. The molecule has 1 aromatic heterocycles. The van der Waals surface area contributed by atoms with Crippen LogP contribution in [-0.2, 0) is 13.1 Å². The molecule has 0 spiro atoms. The van der Waals surface area contributed by atoms with E-state index >= 15 is 0 Å². The van der Waals surface area contributed by atoms with Crippen molar-refractivity contribution in [1.29, 1.82) is 0 Å². The minimum Gasteiger partial charge on any atom is -0.393 e. The molecule has 108 valence electrons. The lowest BCUT2D eigenvalue weighted by atomic mass is 10.1. The van der Waals surface area contributed by atoms with Crippen LogP contribution in [0.1, 0.15) is 38.9 Å². The van der Waals surface area contributed by atoms with E-state index in [1.165, 1.54) is 0 Å². The van der Waals surface area contributed by atoms with Gasteiger partial charge in [0.05, 0.1) is 12.6 Å². The van der Waals surface area contributed by atoms with Crippen LogP contribution in [0.5, 0.6) is 0 Å². The summed E-state index contributed by atoms with van der Waals surface area (Å²) in [6, 6.07) is 0. The third-order valence-corrected chi connectivity index (χ3v) is 3.81. The predicted molar refractivity (Wildman–Crippen MR) is 74.5 cm³/mol. The Morgan fingerprint density at radius 2 is 2.26 bits per heavy atom. The van der Waals surface area contributed by atoms with Gasteiger partial charge in [-0.25, -0.2) is 9.67 Å². The Labute approximate surface area is 115 Å². The number of aromatic nitrogens is 3. The molecule has 1 N–H and O–H groups in total. The van der Waals surface area contributed by atoms with E-state index in [1.54, 1.807) is 6.33 Å². The standard InChI is InChI=1S/C14H26N4O/c1-11(2)7-18-14(15-10-16-18)9-17(3)8-12-5-4-6-13(12)19/h10-13,19H,4-9H2,1-3H3. The second kappa shape index (κ2) is 6.48.